The second-order valence-electron chi connectivity index (χ2n) is 4.43. The molecule has 5 heteroatoms. The molecule has 0 spiro atoms. The lowest BCUT2D eigenvalue weighted by atomic mass is 9.92. The molecule has 1 aromatic carbocycles. The molecule has 0 saturated carbocycles. The highest BCUT2D eigenvalue weighted by Gasteiger charge is 2.36. The summed E-state index contributed by atoms with van der Waals surface area (Å²) in [6.07, 6.45) is 0. The monoisotopic (exact) mass is 313 g/mol. The zero-order valence-electron chi connectivity index (χ0n) is 10.6. The summed E-state index contributed by atoms with van der Waals surface area (Å²) >= 11 is 3.36. The molecule has 0 bridgehead atoms. The van der Waals surface area contributed by atoms with Crippen LogP contribution in [0.3, 0.4) is 0 Å². The first kappa shape index (κ1) is 14.7. The number of carbonyl (C=O) groups is 2. The highest BCUT2D eigenvalue weighted by atomic mass is 79.9. The number of halogens is 1. The van der Waals surface area contributed by atoms with Crippen LogP contribution in [0.5, 0.6) is 0 Å². The third-order valence-electron chi connectivity index (χ3n) is 2.61. The van der Waals surface area contributed by atoms with Crippen molar-refractivity contribution in [3.8, 4) is 0 Å². The van der Waals surface area contributed by atoms with Crippen molar-refractivity contribution in [3.63, 3.8) is 0 Å². The summed E-state index contributed by atoms with van der Waals surface area (Å²) < 4.78 is 5.55. The van der Waals surface area contributed by atoms with Crippen LogP contribution in [-0.4, -0.2) is 19.0 Å². The number of amides is 1. The van der Waals surface area contributed by atoms with Gasteiger partial charge in [-0.3, -0.25) is 9.59 Å². The van der Waals surface area contributed by atoms with Crippen LogP contribution >= 0.6 is 15.9 Å². The fourth-order valence-corrected chi connectivity index (χ4v) is 1.84. The zero-order chi connectivity index (χ0) is 13.8. The molecule has 0 radical (unpaired) electrons. The second-order valence-corrected chi connectivity index (χ2v) is 5.34. The molecule has 0 aliphatic rings. The van der Waals surface area contributed by atoms with Crippen LogP contribution in [0, 0.1) is 5.41 Å². The van der Waals surface area contributed by atoms with E-state index in [4.69, 9.17) is 0 Å². The van der Waals surface area contributed by atoms with Crippen molar-refractivity contribution < 1.29 is 14.3 Å². The summed E-state index contributed by atoms with van der Waals surface area (Å²) in [6.45, 7) is 3.45. The molecular formula is C13H16BrNO3. The van der Waals surface area contributed by atoms with Crippen LogP contribution in [0.2, 0.25) is 0 Å². The molecule has 0 heterocycles. The van der Waals surface area contributed by atoms with Gasteiger partial charge in [-0.2, -0.15) is 0 Å². The van der Waals surface area contributed by atoms with E-state index in [1.54, 1.807) is 0 Å². The molecule has 0 aromatic heterocycles. The fourth-order valence-electron chi connectivity index (χ4n) is 1.40. The quantitative estimate of drug-likeness (QED) is 0.685. The maximum atomic E-state index is 11.9. The van der Waals surface area contributed by atoms with Crippen LogP contribution in [-0.2, 0) is 20.9 Å². The zero-order valence-corrected chi connectivity index (χ0v) is 12.2. The van der Waals surface area contributed by atoms with Gasteiger partial charge in [-0.25, -0.2) is 0 Å². The maximum Gasteiger partial charge on any atom is 0.320 e. The van der Waals surface area contributed by atoms with Gasteiger partial charge in [-0.15, -0.1) is 0 Å². The van der Waals surface area contributed by atoms with Crippen molar-refractivity contribution in [2.75, 3.05) is 7.11 Å². The predicted molar refractivity (Wildman–Crippen MR) is 71.8 cm³/mol. The van der Waals surface area contributed by atoms with E-state index in [1.165, 1.54) is 21.0 Å². The maximum absolute atomic E-state index is 11.9. The third kappa shape index (κ3) is 3.57. The summed E-state index contributed by atoms with van der Waals surface area (Å²) in [6, 6.07) is 7.60. The van der Waals surface area contributed by atoms with Crippen LogP contribution in [0.25, 0.3) is 0 Å². The average molecular weight is 314 g/mol. The molecule has 0 atom stereocenters. The Kier molecular flexibility index (Phi) is 4.90. The van der Waals surface area contributed by atoms with E-state index in [-0.39, 0.29) is 5.91 Å². The third-order valence-corrected chi connectivity index (χ3v) is 3.10. The topological polar surface area (TPSA) is 55.4 Å². The largest absolute Gasteiger partial charge is 0.468 e. The lowest BCUT2D eigenvalue weighted by Gasteiger charge is -2.20. The van der Waals surface area contributed by atoms with Crippen LogP contribution in [0.4, 0.5) is 0 Å². The number of ether oxygens (including phenoxy) is 1. The molecule has 1 N–H and O–H groups in total. The number of esters is 1. The van der Waals surface area contributed by atoms with E-state index < -0.39 is 11.4 Å². The Morgan fingerprint density at radius 1 is 1.39 bits per heavy atom. The van der Waals surface area contributed by atoms with E-state index >= 15 is 0 Å². The summed E-state index contributed by atoms with van der Waals surface area (Å²) in [5, 5.41) is 2.72. The molecule has 1 amide bonds. The molecule has 4 nitrogen and oxygen atoms in total. The van der Waals surface area contributed by atoms with Crippen molar-refractivity contribution in [1.29, 1.82) is 0 Å². The predicted octanol–water partition coefficient (Wildman–Crippen LogP) is 2.26. The fraction of sp³-hybridized carbons (Fsp3) is 0.385. The molecule has 0 aliphatic heterocycles. The molecule has 18 heavy (non-hydrogen) atoms. The Hall–Kier alpha value is -1.36. The number of hydrogen-bond acceptors (Lipinski definition) is 3. The van der Waals surface area contributed by atoms with Gasteiger partial charge in [0.1, 0.15) is 5.41 Å². The Balaban J connectivity index is 2.64. The number of carbonyl (C=O) groups excluding carboxylic acids is 2. The molecule has 1 aromatic rings. The van der Waals surface area contributed by atoms with Gasteiger partial charge in [0.2, 0.25) is 5.91 Å². The lowest BCUT2D eigenvalue weighted by molar-refractivity contribution is -0.156. The van der Waals surface area contributed by atoms with Crippen LogP contribution < -0.4 is 5.32 Å². The van der Waals surface area contributed by atoms with E-state index in [0.29, 0.717) is 6.54 Å². The Morgan fingerprint density at radius 2 is 2.06 bits per heavy atom. The first-order valence-corrected chi connectivity index (χ1v) is 6.28. The molecular weight excluding hydrogens is 298 g/mol. The molecule has 0 aliphatic carbocycles. The lowest BCUT2D eigenvalue weighted by Crippen LogP contribution is -2.42. The smallest absolute Gasteiger partial charge is 0.320 e. The van der Waals surface area contributed by atoms with Crippen LogP contribution in [0.1, 0.15) is 19.4 Å². The number of methoxy groups -OCH3 is 1. The average Bonchev–Trinajstić information content (AvgIpc) is 2.34. The molecule has 0 unspecified atom stereocenters. The first-order valence-electron chi connectivity index (χ1n) is 5.49. The minimum Gasteiger partial charge on any atom is -0.468 e. The van der Waals surface area contributed by atoms with Gasteiger partial charge in [0.25, 0.3) is 0 Å². The minimum atomic E-state index is -1.18. The summed E-state index contributed by atoms with van der Waals surface area (Å²) in [5.41, 5.74) is -0.223. The SMILES string of the molecule is COC(=O)C(C)(C)C(=O)NCc1cccc(Br)c1. The second kappa shape index (κ2) is 6.00. The Labute approximate surface area is 115 Å². The highest BCUT2D eigenvalue weighted by Crippen LogP contribution is 2.18. The number of rotatable bonds is 4. The number of nitrogens with one attached hydrogen (secondary N) is 1. The summed E-state index contributed by atoms with van der Waals surface area (Å²) in [5.74, 6) is -0.899. The standard InChI is InChI=1S/C13H16BrNO3/c1-13(2,12(17)18-3)11(16)15-8-9-5-4-6-10(14)7-9/h4-7H,8H2,1-3H3,(H,15,16). The molecule has 0 fully saturated rings. The van der Waals surface area contributed by atoms with Crippen LogP contribution in [0.15, 0.2) is 28.7 Å². The Morgan fingerprint density at radius 3 is 2.61 bits per heavy atom. The molecule has 0 saturated heterocycles. The summed E-state index contributed by atoms with van der Waals surface area (Å²) in [4.78, 5) is 23.3. The van der Waals surface area contributed by atoms with E-state index in [2.05, 4.69) is 26.0 Å². The van der Waals surface area contributed by atoms with Gasteiger partial charge in [-0.05, 0) is 31.5 Å². The minimum absolute atomic E-state index is 0.352. The van der Waals surface area contributed by atoms with Crippen molar-refractivity contribution in [1.82, 2.24) is 5.32 Å². The van der Waals surface area contributed by atoms with E-state index in [1.807, 2.05) is 24.3 Å². The molecule has 98 valence electrons. The van der Waals surface area contributed by atoms with Gasteiger partial charge in [0, 0.05) is 11.0 Å². The highest BCUT2D eigenvalue weighted by molar-refractivity contribution is 9.10. The van der Waals surface area contributed by atoms with Gasteiger partial charge in [0.15, 0.2) is 0 Å². The van der Waals surface area contributed by atoms with Crippen molar-refractivity contribution in [2.45, 2.75) is 20.4 Å². The normalized spacial score (nSPS) is 10.9. The van der Waals surface area contributed by atoms with Gasteiger partial charge in [0.05, 0.1) is 7.11 Å². The van der Waals surface area contributed by atoms with E-state index in [9.17, 15) is 9.59 Å². The van der Waals surface area contributed by atoms with E-state index in [0.717, 1.165) is 10.0 Å². The number of hydrogen-bond donors (Lipinski definition) is 1. The first-order chi connectivity index (χ1) is 8.37. The van der Waals surface area contributed by atoms with Gasteiger partial charge < -0.3 is 10.1 Å². The van der Waals surface area contributed by atoms with Crippen molar-refractivity contribution in [3.05, 3.63) is 34.3 Å². The van der Waals surface area contributed by atoms with Crippen molar-refractivity contribution >= 4 is 27.8 Å². The molecule has 1 rings (SSSR count). The summed E-state index contributed by atoms with van der Waals surface area (Å²) in [7, 11) is 1.27. The Bertz CT molecular complexity index is 457. The van der Waals surface area contributed by atoms with Gasteiger partial charge in [-0.1, -0.05) is 28.1 Å². The number of benzene rings is 1. The van der Waals surface area contributed by atoms with Gasteiger partial charge >= 0.3 is 5.97 Å². The van der Waals surface area contributed by atoms with Crippen molar-refractivity contribution in [2.24, 2.45) is 5.41 Å².